The van der Waals surface area contributed by atoms with Gasteiger partial charge in [-0.3, -0.25) is 5.01 Å². The summed E-state index contributed by atoms with van der Waals surface area (Å²) in [6.45, 7) is 1.87. The van der Waals surface area contributed by atoms with Gasteiger partial charge < -0.3 is 9.47 Å². The molecule has 2 aliphatic rings. The Morgan fingerprint density at radius 1 is 1.15 bits per heavy atom. The van der Waals surface area contributed by atoms with Crippen LogP contribution < -0.4 is 0 Å². The maximum Gasteiger partial charge on any atom is 0.345 e. The van der Waals surface area contributed by atoms with Crippen LogP contribution in [0, 0.1) is 0 Å². The molecule has 140 valence electrons. The second-order valence-electron chi connectivity index (χ2n) is 5.77. The van der Waals surface area contributed by atoms with E-state index in [1.807, 2.05) is 19.1 Å². The zero-order chi connectivity index (χ0) is 19.6. The van der Waals surface area contributed by atoms with Crippen LogP contribution >= 0.6 is 23.4 Å². The Kier molecular flexibility index (Phi) is 5.72. The highest BCUT2D eigenvalue weighted by Crippen LogP contribution is 2.37. The molecule has 1 unspecified atom stereocenters. The molecule has 0 aliphatic carbocycles. The number of halogens is 1. The minimum absolute atomic E-state index is 0.147. The number of carbonyl (C=O) groups is 2. The average Bonchev–Trinajstić information content (AvgIpc) is 2.85. The van der Waals surface area contributed by atoms with Gasteiger partial charge in [0, 0.05) is 16.8 Å². The van der Waals surface area contributed by atoms with Crippen LogP contribution in [0.2, 0.25) is 5.02 Å². The predicted octanol–water partition coefficient (Wildman–Crippen LogP) is 3.49. The summed E-state index contributed by atoms with van der Waals surface area (Å²) in [6.07, 6.45) is 5.45. The highest BCUT2D eigenvalue weighted by atomic mass is 35.5. The number of hydrogen-bond acceptors (Lipinski definition) is 7. The number of allylic oxidation sites excluding steroid dienone is 2. The van der Waals surface area contributed by atoms with Crippen LogP contribution in [0.1, 0.15) is 12.5 Å². The molecule has 1 aromatic carbocycles. The molecule has 0 spiro atoms. The van der Waals surface area contributed by atoms with Crippen molar-refractivity contribution in [3.8, 4) is 0 Å². The number of benzene rings is 1. The summed E-state index contributed by atoms with van der Waals surface area (Å²) in [5.41, 5.74) is 1.80. The molecule has 6 nitrogen and oxygen atoms in total. The van der Waals surface area contributed by atoms with Crippen molar-refractivity contribution in [2.45, 2.75) is 13.0 Å². The fraction of sp³-hybridized carbons (Fsp3) is 0.211. The van der Waals surface area contributed by atoms with Crippen molar-refractivity contribution in [3.05, 3.63) is 69.3 Å². The molecule has 0 fully saturated rings. The van der Waals surface area contributed by atoms with E-state index in [-0.39, 0.29) is 10.5 Å². The van der Waals surface area contributed by atoms with E-state index in [9.17, 15) is 9.59 Å². The minimum atomic E-state index is -0.619. The number of rotatable bonds is 3. The van der Waals surface area contributed by atoms with E-state index >= 15 is 0 Å². The van der Waals surface area contributed by atoms with E-state index < -0.39 is 18.0 Å². The van der Waals surface area contributed by atoms with Crippen LogP contribution in [-0.4, -0.2) is 42.3 Å². The van der Waals surface area contributed by atoms with Gasteiger partial charge in [0.2, 0.25) is 0 Å². The van der Waals surface area contributed by atoms with Crippen molar-refractivity contribution in [1.82, 2.24) is 5.01 Å². The van der Waals surface area contributed by atoms with E-state index in [1.165, 1.54) is 14.2 Å². The van der Waals surface area contributed by atoms with E-state index in [2.05, 4.69) is 5.10 Å². The van der Waals surface area contributed by atoms with E-state index in [4.69, 9.17) is 21.1 Å². The average molecular weight is 405 g/mol. The molecule has 8 heteroatoms. The zero-order valence-electron chi connectivity index (χ0n) is 14.9. The number of fused-ring (bicyclic) bond motifs is 1. The molecule has 1 atom stereocenters. The Labute approximate surface area is 166 Å². The maximum absolute atomic E-state index is 12.6. The number of nitrogens with zero attached hydrogens (tertiary/aromatic N) is 2. The first-order valence-corrected chi connectivity index (χ1v) is 9.22. The van der Waals surface area contributed by atoms with Gasteiger partial charge in [-0.05, 0) is 30.7 Å². The second-order valence-corrected chi connectivity index (χ2v) is 7.21. The molecule has 1 aromatic rings. The molecule has 2 heterocycles. The van der Waals surface area contributed by atoms with E-state index in [0.717, 1.165) is 22.9 Å². The van der Waals surface area contributed by atoms with Gasteiger partial charge in [0.1, 0.15) is 16.0 Å². The van der Waals surface area contributed by atoms with Gasteiger partial charge in [-0.1, -0.05) is 41.6 Å². The number of methoxy groups -OCH3 is 2. The van der Waals surface area contributed by atoms with Crippen molar-refractivity contribution in [2.75, 3.05) is 14.2 Å². The fourth-order valence-electron chi connectivity index (χ4n) is 2.79. The molecular formula is C19H17ClN2O4S. The molecule has 0 radical (unpaired) electrons. The highest BCUT2D eigenvalue weighted by molar-refractivity contribution is 8.18. The summed E-state index contributed by atoms with van der Waals surface area (Å²) in [6, 6.07) is 6.52. The third kappa shape index (κ3) is 3.79. The summed E-state index contributed by atoms with van der Waals surface area (Å²) >= 11 is 7.05. The first kappa shape index (κ1) is 19.3. The lowest BCUT2D eigenvalue weighted by Gasteiger charge is -2.29. The monoisotopic (exact) mass is 404 g/mol. The zero-order valence-corrected chi connectivity index (χ0v) is 16.5. The predicted molar refractivity (Wildman–Crippen MR) is 105 cm³/mol. The largest absolute Gasteiger partial charge is 0.466 e. The van der Waals surface area contributed by atoms with E-state index in [1.54, 1.807) is 35.5 Å². The smallest absolute Gasteiger partial charge is 0.345 e. The summed E-state index contributed by atoms with van der Waals surface area (Å²) in [4.78, 5) is 25.3. The van der Waals surface area contributed by atoms with Gasteiger partial charge in [0.05, 0.1) is 19.8 Å². The van der Waals surface area contributed by atoms with Crippen molar-refractivity contribution < 1.29 is 19.1 Å². The molecule has 27 heavy (non-hydrogen) atoms. The lowest BCUT2D eigenvalue weighted by molar-refractivity contribution is -0.139. The maximum atomic E-state index is 12.6. The molecule has 0 N–H and O–H groups in total. The number of carbonyl (C=O) groups excluding carboxylic acids is 2. The van der Waals surface area contributed by atoms with Crippen LogP contribution in [0.5, 0.6) is 0 Å². The van der Waals surface area contributed by atoms with Crippen molar-refractivity contribution >= 4 is 40.3 Å². The topological polar surface area (TPSA) is 68.2 Å². The quantitative estimate of drug-likeness (QED) is 0.718. The van der Waals surface area contributed by atoms with Crippen molar-refractivity contribution in [2.24, 2.45) is 5.10 Å². The number of thioether (sulfide) groups is 1. The van der Waals surface area contributed by atoms with E-state index in [0.29, 0.717) is 10.1 Å². The normalized spacial score (nSPS) is 19.0. The molecule has 0 bridgehead atoms. The summed E-state index contributed by atoms with van der Waals surface area (Å²) < 4.78 is 9.89. The lowest BCUT2D eigenvalue weighted by Crippen LogP contribution is -2.35. The van der Waals surface area contributed by atoms with Gasteiger partial charge in [-0.25, -0.2) is 9.59 Å². The second kappa shape index (κ2) is 8.02. The first-order valence-electron chi connectivity index (χ1n) is 8.02. The van der Waals surface area contributed by atoms with Gasteiger partial charge in [0.25, 0.3) is 0 Å². The Morgan fingerprint density at radius 2 is 1.81 bits per heavy atom. The molecule has 0 aromatic heterocycles. The van der Waals surface area contributed by atoms with Crippen molar-refractivity contribution in [3.63, 3.8) is 0 Å². The Bertz CT molecular complexity index is 903. The molecule has 0 amide bonds. The first-order chi connectivity index (χ1) is 13.0. The van der Waals surface area contributed by atoms with Gasteiger partial charge >= 0.3 is 11.9 Å². The fourth-order valence-corrected chi connectivity index (χ4v) is 3.97. The van der Waals surface area contributed by atoms with Crippen LogP contribution in [0.3, 0.4) is 0 Å². The van der Waals surface area contributed by atoms with Gasteiger partial charge in [-0.2, -0.15) is 5.10 Å². The Morgan fingerprint density at radius 3 is 2.44 bits per heavy atom. The van der Waals surface area contributed by atoms with Crippen LogP contribution in [-0.2, 0) is 19.1 Å². The molecular weight excluding hydrogens is 388 g/mol. The van der Waals surface area contributed by atoms with Gasteiger partial charge in [0.15, 0.2) is 0 Å². The van der Waals surface area contributed by atoms with Crippen LogP contribution in [0.25, 0.3) is 0 Å². The standard InChI is InChI=1S/C19H17ClN2O4S/c1-11-5-4-10-22-15(11)14(18(23)25-2)16(19(24)26-3)27-17(21-22)12-6-8-13(20)9-7-12/h4-10,15H,1-3H3. The molecule has 3 rings (SSSR count). The number of hydrazone groups is 1. The minimum Gasteiger partial charge on any atom is -0.466 e. The van der Waals surface area contributed by atoms with Crippen molar-refractivity contribution in [1.29, 1.82) is 0 Å². The number of ether oxygens (including phenoxy) is 2. The summed E-state index contributed by atoms with van der Waals surface area (Å²) in [5, 5.41) is 7.44. The number of hydrogen-bond donors (Lipinski definition) is 0. The van der Waals surface area contributed by atoms with Crippen LogP contribution in [0.4, 0.5) is 0 Å². The Balaban J connectivity index is 2.21. The van der Waals surface area contributed by atoms with Crippen LogP contribution in [0.15, 0.2) is 63.8 Å². The van der Waals surface area contributed by atoms with Gasteiger partial charge in [-0.15, -0.1) is 0 Å². The Hall–Kier alpha value is -2.51. The third-order valence-corrected chi connectivity index (χ3v) is 5.44. The lowest BCUT2D eigenvalue weighted by atomic mass is 9.96. The SMILES string of the molecule is COC(=O)C1=C(C(=O)OC)C2C(C)=CC=CN2N=C(c2ccc(Cl)cc2)S1. The summed E-state index contributed by atoms with van der Waals surface area (Å²) in [7, 11) is 2.55. The highest BCUT2D eigenvalue weighted by Gasteiger charge is 2.38. The summed E-state index contributed by atoms with van der Waals surface area (Å²) in [5.74, 6) is -1.22. The molecule has 0 saturated carbocycles. The molecule has 2 aliphatic heterocycles. The third-order valence-electron chi connectivity index (χ3n) is 4.08. The number of esters is 2. The molecule has 0 saturated heterocycles.